The van der Waals surface area contributed by atoms with Crippen molar-refractivity contribution in [1.29, 1.82) is 0 Å². The molecule has 0 radical (unpaired) electrons. The molecule has 1 aromatic rings. The number of aromatic nitrogens is 1. The van der Waals surface area contributed by atoms with Crippen LogP contribution in [0.5, 0.6) is 0 Å². The van der Waals surface area contributed by atoms with Gasteiger partial charge in [-0.1, -0.05) is 0 Å². The number of halogens is 2. The fraction of sp³-hybridized carbons (Fsp3) is 0.400. The Morgan fingerprint density at radius 3 is 2.67 bits per heavy atom. The third kappa shape index (κ3) is 2.52. The van der Waals surface area contributed by atoms with Gasteiger partial charge in [0.05, 0.1) is 5.88 Å². The average molecular weight is 184 g/mol. The lowest BCUT2D eigenvalue weighted by molar-refractivity contribution is 1.25. The molecule has 0 amide bonds. The maximum Gasteiger partial charge on any atom is 0.108 e. The van der Waals surface area contributed by atoms with Crippen molar-refractivity contribution < 1.29 is 0 Å². The average Bonchev–Trinajstić information content (AvgIpc) is 2.14. The predicted octanol–water partition coefficient (Wildman–Crippen LogP) is 2.61. The van der Waals surface area contributed by atoms with E-state index in [2.05, 4.69) is 4.98 Å². The molecule has 1 nitrogen and oxygen atoms in total. The van der Waals surface area contributed by atoms with Gasteiger partial charge in [-0.2, -0.15) is 0 Å². The largest absolute Gasteiger partial charge is 0.248 e. The van der Waals surface area contributed by atoms with Gasteiger partial charge in [0.2, 0.25) is 0 Å². The van der Waals surface area contributed by atoms with E-state index < -0.39 is 0 Å². The number of thiazole rings is 1. The van der Waals surface area contributed by atoms with E-state index in [1.54, 1.807) is 11.3 Å². The van der Waals surface area contributed by atoms with E-state index in [9.17, 15) is 0 Å². The maximum absolute atomic E-state index is 5.49. The summed E-state index contributed by atoms with van der Waals surface area (Å²) in [4.78, 5) is 5.24. The van der Waals surface area contributed by atoms with Gasteiger partial charge in [0.15, 0.2) is 0 Å². The second-order valence-corrected chi connectivity index (χ2v) is 3.08. The molecule has 0 unspecified atom stereocenters. The van der Waals surface area contributed by atoms with Crippen LogP contribution in [0.15, 0.2) is 6.20 Å². The molecule has 0 bridgehead atoms. The molecule has 52 valence electrons. The molecule has 1 aromatic heterocycles. The summed E-state index contributed by atoms with van der Waals surface area (Å²) in [5, 5.41) is 1.00. The summed E-state index contributed by atoms with van der Waals surface area (Å²) in [6.07, 6.45) is 1.84. The third-order valence-corrected chi connectivity index (χ3v) is 2.11. The summed E-state index contributed by atoms with van der Waals surface area (Å²) in [7, 11) is 0. The minimum Gasteiger partial charge on any atom is -0.248 e. The van der Waals surface area contributed by atoms with Gasteiger partial charge in [-0.05, 0) is 6.92 Å². The lowest BCUT2D eigenvalue weighted by Crippen LogP contribution is -1.67. The second kappa shape index (κ2) is 4.09. The highest BCUT2D eigenvalue weighted by molar-refractivity contribution is 7.11. The normalized spacial score (nSPS) is 8.67. The standard InChI is InChI=1S/C5H6ClNS.ClH/c1-4-3-7-5(2-6)8-4;/h3H,2H2,1H3;1H. The third-order valence-electron chi connectivity index (χ3n) is 0.783. The molecule has 0 aliphatic heterocycles. The smallest absolute Gasteiger partial charge is 0.108 e. The van der Waals surface area contributed by atoms with Crippen molar-refractivity contribution >= 4 is 35.3 Å². The van der Waals surface area contributed by atoms with Gasteiger partial charge >= 0.3 is 0 Å². The number of alkyl halides is 1. The zero-order valence-electron chi connectivity index (χ0n) is 4.93. The fourth-order valence-electron chi connectivity index (χ4n) is 0.463. The molecule has 0 aliphatic carbocycles. The van der Waals surface area contributed by atoms with Crippen LogP contribution in [-0.4, -0.2) is 4.98 Å². The van der Waals surface area contributed by atoms with Crippen molar-refractivity contribution in [3.05, 3.63) is 16.1 Å². The molecule has 1 rings (SSSR count). The molecule has 0 saturated heterocycles. The SMILES string of the molecule is Cc1cnc(CCl)s1.Cl. The minimum absolute atomic E-state index is 0. The van der Waals surface area contributed by atoms with Crippen LogP contribution in [0.25, 0.3) is 0 Å². The summed E-state index contributed by atoms with van der Waals surface area (Å²) in [5.41, 5.74) is 0. The number of aryl methyl sites for hydroxylation is 1. The predicted molar refractivity (Wildman–Crippen MR) is 43.7 cm³/mol. The summed E-state index contributed by atoms with van der Waals surface area (Å²) in [5.74, 6) is 0.540. The molecular formula is C5H7Cl2NS. The Labute approximate surface area is 69.5 Å². The first-order valence-corrected chi connectivity index (χ1v) is 3.65. The first-order valence-electron chi connectivity index (χ1n) is 2.30. The first-order chi connectivity index (χ1) is 3.83. The zero-order valence-corrected chi connectivity index (χ0v) is 7.32. The van der Waals surface area contributed by atoms with Gasteiger partial charge in [0.25, 0.3) is 0 Å². The van der Waals surface area contributed by atoms with Gasteiger partial charge in [-0.3, -0.25) is 0 Å². The highest BCUT2D eigenvalue weighted by Gasteiger charge is 1.92. The monoisotopic (exact) mass is 183 g/mol. The van der Waals surface area contributed by atoms with Crippen molar-refractivity contribution in [3.8, 4) is 0 Å². The molecule has 9 heavy (non-hydrogen) atoms. The lowest BCUT2D eigenvalue weighted by atomic mass is 10.6. The Kier molecular flexibility index (Phi) is 4.19. The van der Waals surface area contributed by atoms with Crippen molar-refractivity contribution in [2.75, 3.05) is 0 Å². The Bertz CT molecular complexity index is 175. The van der Waals surface area contributed by atoms with E-state index in [0.717, 1.165) is 5.01 Å². The molecule has 0 fully saturated rings. The maximum atomic E-state index is 5.49. The molecule has 0 atom stereocenters. The quantitative estimate of drug-likeness (QED) is 0.611. The van der Waals surface area contributed by atoms with Crippen LogP contribution >= 0.6 is 35.3 Å². The summed E-state index contributed by atoms with van der Waals surface area (Å²) < 4.78 is 0. The Hall–Kier alpha value is 0.210. The minimum atomic E-state index is 0. The number of hydrogen-bond donors (Lipinski definition) is 0. The van der Waals surface area contributed by atoms with Crippen molar-refractivity contribution in [3.63, 3.8) is 0 Å². The summed E-state index contributed by atoms with van der Waals surface area (Å²) >= 11 is 7.13. The number of nitrogens with zero attached hydrogens (tertiary/aromatic N) is 1. The first kappa shape index (κ1) is 9.21. The van der Waals surface area contributed by atoms with Crippen LogP contribution in [0.4, 0.5) is 0 Å². The molecule has 0 saturated carbocycles. The van der Waals surface area contributed by atoms with Crippen LogP contribution in [0.2, 0.25) is 0 Å². The van der Waals surface area contributed by atoms with Crippen LogP contribution in [0.3, 0.4) is 0 Å². The lowest BCUT2D eigenvalue weighted by Gasteiger charge is -1.76. The van der Waals surface area contributed by atoms with Crippen molar-refractivity contribution in [2.24, 2.45) is 0 Å². The summed E-state index contributed by atoms with van der Waals surface area (Å²) in [6.45, 7) is 2.02. The zero-order chi connectivity index (χ0) is 5.98. The molecular weight excluding hydrogens is 177 g/mol. The number of hydrogen-bond acceptors (Lipinski definition) is 2. The Morgan fingerprint density at radius 2 is 2.44 bits per heavy atom. The van der Waals surface area contributed by atoms with Crippen LogP contribution in [0.1, 0.15) is 9.88 Å². The van der Waals surface area contributed by atoms with E-state index in [0.29, 0.717) is 5.88 Å². The molecule has 0 aromatic carbocycles. The van der Waals surface area contributed by atoms with E-state index in [-0.39, 0.29) is 12.4 Å². The van der Waals surface area contributed by atoms with Crippen LogP contribution in [0, 0.1) is 6.92 Å². The molecule has 1 heterocycles. The summed E-state index contributed by atoms with van der Waals surface area (Å²) in [6, 6.07) is 0. The molecule has 4 heteroatoms. The van der Waals surface area contributed by atoms with Gasteiger partial charge in [-0.15, -0.1) is 35.3 Å². The van der Waals surface area contributed by atoms with E-state index in [1.807, 2.05) is 13.1 Å². The van der Waals surface area contributed by atoms with Gasteiger partial charge < -0.3 is 0 Å². The van der Waals surface area contributed by atoms with E-state index >= 15 is 0 Å². The van der Waals surface area contributed by atoms with Gasteiger partial charge in [-0.25, -0.2) is 4.98 Å². The topological polar surface area (TPSA) is 12.9 Å². The molecule has 0 N–H and O–H groups in total. The molecule has 0 spiro atoms. The van der Waals surface area contributed by atoms with Crippen molar-refractivity contribution in [2.45, 2.75) is 12.8 Å². The second-order valence-electron chi connectivity index (χ2n) is 1.50. The number of rotatable bonds is 1. The van der Waals surface area contributed by atoms with Crippen LogP contribution < -0.4 is 0 Å². The van der Waals surface area contributed by atoms with Crippen LogP contribution in [-0.2, 0) is 5.88 Å². The Balaban J connectivity index is 0.000000640. The Morgan fingerprint density at radius 1 is 1.78 bits per heavy atom. The highest BCUT2D eigenvalue weighted by Crippen LogP contribution is 2.12. The fourth-order valence-corrected chi connectivity index (χ4v) is 1.33. The van der Waals surface area contributed by atoms with Crippen molar-refractivity contribution in [1.82, 2.24) is 4.98 Å². The van der Waals surface area contributed by atoms with E-state index in [4.69, 9.17) is 11.6 Å². The molecule has 0 aliphatic rings. The van der Waals surface area contributed by atoms with Gasteiger partial charge in [0, 0.05) is 11.1 Å². The highest BCUT2D eigenvalue weighted by atomic mass is 35.5. The van der Waals surface area contributed by atoms with E-state index in [1.165, 1.54) is 4.88 Å². The van der Waals surface area contributed by atoms with Gasteiger partial charge in [0.1, 0.15) is 5.01 Å².